The second kappa shape index (κ2) is 68.1. The molecular formula is C78H145N2O6P. The fourth-order valence-electron chi connectivity index (χ4n) is 11.1. The van der Waals surface area contributed by atoms with Gasteiger partial charge in [0.15, 0.2) is 0 Å². The van der Waals surface area contributed by atoms with Crippen molar-refractivity contribution in [3.05, 3.63) is 85.1 Å². The Morgan fingerprint density at radius 2 is 0.701 bits per heavy atom. The summed E-state index contributed by atoms with van der Waals surface area (Å²) in [6.07, 6.45) is 96.7. The van der Waals surface area contributed by atoms with E-state index in [1.807, 2.05) is 21.1 Å². The van der Waals surface area contributed by atoms with Crippen LogP contribution in [0.2, 0.25) is 0 Å². The molecule has 0 aliphatic heterocycles. The third kappa shape index (κ3) is 71.0. The Morgan fingerprint density at radius 1 is 0.414 bits per heavy atom. The van der Waals surface area contributed by atoms with Gasteiger partial charge in [0, 0.05) is 6.42 Å². The zero-order valence-electron chi connectivity index (χ0n) is 58.2. The molecule has 0 bridgehead atoms. The average Bonchev–Trinajstić information content (AvgIpc) is 3.69. The maximum absolute atomic E-state index is 13.1. The van der Waals surface area contributed by atoms with Crippen LogP contribution in [-0.2, 0) is 18.4 Å². The molecule has 1 amide bonds. The first-order valence-corrected chi connectivity index (χ1v) is 38.9. The highest BCUT2D eigenvalue weighted by Crippen LogP contribution is 2.38. The number of phosphoric ester groups is 1. The third-order valence-electron chi connectivity index (χ3n) is 16.9. The fourth-order valence-corrected chi connectivity index (χ4v) is 11.9. The van der Waals surface area contributed by atoms with E-state index in [1.165, 1.54) is 244 Å². The van der Waals surface area contributed by atoms with Crippen LogP contribution in [0.5, 0.6) is 0 Å². The quantitative estimate of drug-likeness (QED) is 0.0272. The van der Waals surface area contributed by atoms with Gasteiger partial charge in [0.05, 0.1) is 39.9 Å². The molecule has 0 aliphatic rings. The maximum atomic E-state index is 13.1. The minimum absolute atomic E-state index is 0.0117. The number of amides is 1. The van der Waals surface area contributed by atoms with E-state index in [4.69, 9.17) is 9.05 Å². The number of nitrogens with one attached hydrogen (secondary N) is 1. The molecule has 9 heteroatoms. The number of hydrogen-bond donors (Lipinski definition) is 2. The van der Waals surface area contributed by atoms with E-state index in [1.54, 1.807) is 0 Å². The van der Waals surface area contributed by atoms with Crippen molar-refractivity contribution in [2.75, 3.05) is 40.9 Å². The highest BCUT2D eigenvalue weighted by molar-refractivity contribution is 7.45. The summed E-state index contributed by atoms with van der Waals surface area (Å²) >= 11 is 0. The number of hydrogen-bond acceptors (Lipinski definition) is 6. The van der Waals surface area contributed by atoms with E-state index in [0.717, 1.165) is 83.5 Å². The topological polar surface area (TPSA) is 108 Å². The standard InChI is InChI=1S/C78H145N2O6P/c1-6-8-10-12-14-16-18-20-22-24-26-28-30-32-34-35-36-37-38-39-40-41-42-43-44-45-46-48-50-52-54-56-58-60-62-64-66-68-70-72-78(82)79-76(75-86-87(83,84)85-74-73-80(3,4)5)77(81)71-69-67-65-63-61-59-57-55-53-51-49-47-33-31-29-27-25-23-21-19-17-15-13-11-9-7-2/h8,10,14,16,20,22,26,28,32,34,36-37,39-40,76-77,81H,6-7,9,11-13,15,17-19,21,23-25,27,29-31,33,35,38,41-75H2,1-5H3,(H-,79,82,83,84)/b10-8-,16-14-,22-20-,28-26-,34-32-,37-36-,40-39-. The number of nitrogens with zero attached hydrogens (tertiary/aromatic N) is 1. The number of aliphatic hydroxyl groups excluding tert-OH is 1. The Kier molecular flexibility index (Phi) is 66.2. The average molecular weight is 1240 g/mol. The van der Waals surface area contributed by atoms with Crippen LogP contribution in [0.1, 0.15) is 354 Å². The minimum atomic E-state index is -4.58. The Bertz CT molecular complexity index is 1700. The lowest BCUT2D eigenvalue weighted by Crippen LogP contribution is -2.46. The number of aliphatic hydroxyl groups is 1. The number of phosphoric acid groups is 1. The van der Waals surface area contributed by atoms with Crippen molar-refractivity contribution in [1.29, 1.82) is 0 Å². The Morgan fingerprint density at radius 3 is 1.02 bits per heavy atom. The highest BCUT2D eigenvalue weighted by atomic mass is 31.2. The zero-order valence-corrected chi connectivity index (χ0v) is 59.1. The van der Waals surface area contributed by atoms with Crippen LogP contribution in [0.15, 0.2) is 85.1 Å². The molecule has 0 aromatic heterocycles. The molecule has 8 nitrogen and oxygen atoms in total. The molecule has 2 N–H and O–H groups in total. The molecule has 0 aromatic rings. The van der Waals surface area contributed by atoms with Gasteiger partial charge < -0.3 is 28.8 Å². The lowest BCUT2D eigenvalue weighted by molar-refractivity contribution is -0.870. The first kappa shape index (κ1) is 84.7. The van der Waals surface area contributed by atoms with Crippen molar-refractivity contribution in [1.82, 2.24) is 5.32 Å². The second-order valence-electron chi connectivity index (χ2n) is 26.6. The van der Waals surface area contributed by atoms with Gasteiger partial charge >= 0.3 is 0 Å². The SMILES string of the molecule is CC/C=C\C/C=C\C/C=C\C/C=C\C/C=C\C/C=C\C/C=C\CCCCCCCCCCCCCCCCCCCC(=O)NC(COP(=O)([O-])OCC[N+](C)(C)C)C(O)CCCCCCCCCCCCCCCCCCCCCCCCCCCC. The van der Waals surface area contributed by atoms with Gasteiger partial charge in [-0.3, -0.25) is 9.36 Å². The van der Waals surface area contributed by atoms with E-state index < -0.39 is 20.0 Å². The Balaban J connectivity index is 3.98. The summed E-state index contributed by atoms with van der Waals surface area (Å²) in [5.74, 6) is -0.160. The summed E-state index contributed by atoms with van der Waals surface area (Å²) in [4.78, 5) is 25.7. The molecule has 3 atom stereocenters. The van der Waals surface area contributed by atoms with Crippen molar-refractivity contribution in [2.24, 2.45) is 0 Å². The molecule has 0 aromatic carbocycles. The van der Waals surface area contributed by atoms with Crippen LogP contribution in [0, 0.1) is 0 Å². The Labute approximate surface area is 541 Å². The predicted molar refractivity (Wildman–Crippen MR) is 380 cm³/mol. The Hall–Kier alpha value is -2.32. The molecule has 0 rings (SSSR count). The summed E-state index contributed by atoms with van der Waals surface area (Å²) in [7, 11) is 1.31. The first-order valence-electron chi connectivity index (χ1n) is 37.4. The monoisotopic (exact) mass is 1240 g/mol. The molecule has 0 spiro atoms. The summed E-state index contributed by atoms with van der Waals surface area (Å²) in [6.45, 7) is 4.65. The van der Waals surface area contributed by atoms with Gasteiger partial charge in [0.2, 0.25) is 5.91 Å². The van der Waals surface area contributed by atoms with Gasteiger partial charge in [-0.25, -0.2) is 0 Å². The number of quaternary nitrogens is 1. The molecule has 508 valence electrons. The van der Waals surface area contributed by atoms with Crippen molar-refractivity contribution in [3.8, 4) is 0 Å². The zero-order chi connectivity index (χ0) is 63.4. The number of allylic oxidation sites excluding steroid dienone is 14. The highest BCUT2D eigenvalue weighted by Gasteiger charge is 2.24. The summed E-state index contributed by atoms with van der Waals surface area (Å²) in [5, 5.41) is 14.1. The molecule has 0 fully saturated rings. The number of likely N-dealkylation sites (N-methyl/N-ethyl adjacent to an activating group) is 1. The van der Waals surface area contributed by atoms with Crippen molar-refractivity contribution in [3.63, 3.8) is 0 Å². The van der Waals surface area contributed by atoms with Crippen LogP contribution in [0.3, 0.4) is 0 Å². The second-order valence-corrected chi connectivity index (χ2v) is 28.0. The molecule has 0 radical (unpaired) electrons. The maximum Gasteiger partial charge on any atom is 0.268 e. The molecule has 0 saturated heterocycles. The summed E-state index contributed by atoms with van der Waals surface area (Å²) in [5.41, 5.74) is 0. The van der Waals surface area contributed by atoms with E-state index in [2.05, 4.69) is 104 Å². The number of rotatable bonds is 69. The van der Waals surface area contributed by atoms with Gasteiger partial charge in [-0.1, -0.05) is 362 Å². The number of carbonyl (C=O) groups is 1. The van der Waals surface area contributed by atoms with Crippen molar-refractivity contribution >= 4 is 13.7 Å². The third-order valence-corrected chi connectivity index (χ3v) is 17.9. The molecule has 0 heterocycles. The van der Waals surface area contributed by atoms with E-state index in [0.29, 0.717) is 23.9 Å². The normalized spacial score (nSPS) is 14.1. The fraction of sp³-hybridized carbons (Fsp3) is 0.808. The molecule has 3 unspecified atom stereocenters. The number of carbonyl (C=O) groups excluding carboxylic acids is 1. The largest absolute Gasteiger partial charge is 0.756 e. The molecule has 0 saturated carbocycles. The van der Waals surface area contributed by atoms with Gasteiger partial charge in [0.1, 0.15) is 13.2 Å². The van der Waals surface area contributed by atoms with E-state index in [-0.39, 0.29) is 19.1 Å². The van der Waals surface area contributed by atoms with Crippen LogP contribution < -0.4 is 10.2 Å². The first-order chi connectivity index (χ1) is 42.5. The van der Waals surface area contributed by atoms with Crippen LogP contribution in [0.25, 0.3) is 0 Å². The lowest BCUT2D eigenvalue weighted by Gasteiger charge is -2.30. The van der Waals surface area contributed by atoms with Crippen LogP contribution in [-0.4, -0.2) is 68.5 Å². The van der Waals surface area contributed by atoms with E-state index >= 15 is 0 Å². The summed E-state index contributed by atoms with van der Waals surface area (Å²) in [6, 6.07) is -0.805. The van der Waals surface area contributed by atoms with Gasteiger partial charge in [-0.2, -0.15) is 0 Å². The lowest BCUT2D eigenvalue weighted by atomic mass is 10.0. The van der Waals surface area contributed by atoms with E-state index in [9.17, 15) is 19.4 Å². The van der Waals surface area contributed by atoms with Crippen LogP contribution in [0.4, 0.5) is 0 Å². The molecule has 87 heavy (non-hydrogen) atoms. The minimum Gasteiger partial charge on any atom is -0.756 e. The van der Waals surface area contributed by atoms with Gasteiger partial charge in [0.25, 0.3) is 7.82 Å². The predicted octanol–water partition coefficient (Wildman–Crippen LogP) is 23.6. The van der Waals surface area contributed by atoms with Gasteiger partial charge in [-0.05, 0) is 70.6 Å². The van der Waals surface area contributed by atoms with Crippen molar-refractivity contribution in [2.45, 2.75) is 366 Å². The smallest absolute Gasteiger partial charge is 0.268 e. The van der Waals surface area contributed by atoms with Gasteiger partial charge in [-0.15, -0.1) is 0 Å². The van der Waals surface area contributed by atoms with Crippen molar-refractivity contribution < 1.29 is 32.9 Å². The van der Waals surface area contributed by atoms with Crippen LogP contribution >= 0.6 is 7.82 Å². The summed E-state index contributed by atoms with van der Waals surface area (Å²) < 4.78 is 23.6. The molecule has 0 aliphatic carbocycles. The number of unbranched alkanes of at least 4 members (excludes halogenated alkanes) is 42. The molecular weight excluding hydrogens is 1090 g/mol.